The second-order valence-corrected chi connectivity index (χ2v) is 9.46. The molecule has 8 nitrogen and oxygen atoms in total. The molecular weight excluding hydrogens is 432 g/mol. The molecule has 0 radical (unpaired) electrons. The molecule has 1 saturated heterocycles. The summed E-state index contributed by atoms with van der Waals surface area (Å²) in [5.74, 6) is 0.0920. The molecule has 1 atom stereocenters. The lowest BCUT2D eigenvalue weighted by molar-refractivity contribution is -0.140. The van der Waals surface area contributed by atoms with Crippen LogP contribution in [0.4, 0.5) is 10.5 Å². The number of carbonyl (C=O) groups is 3. The summed E-state index contributed by atoms with van der Waals surface area (Å²) in [6, 6.07) is 3.73. The molecule has 3 rings (SSSR count). The Morgan fingerprint density at radius 1 is 1.22 bits per heavy atom. The van der Waals surface area contributed by atoms with E-state index in [2.05, 4.69) is 17.1 Å². The van der Waals surface area contributed by atoms with E-state index in [1.807, 2.05) is 17.9 Å². The van der Waals surface area contributed by atoms with Crippen LogP contribution in [-0.4, -0.2) is 77.0 Å². The van der Waals surface area contributed by atoms with Crippen LogP contribution < -0.4 is 5.32 Å². The molecule has 1 heterocycles. The van der Waals surface area contributed by atoms with E-state index in [9.17, 15) is 14.4 Å². The molecule has 1 aliphatic heterocycles. The van der Waals surface area contributed by atoms with Crippen molar-refractivity contribution in [3.05, 3.63) is 28.3 Å². The number of anilines is 1. The fourth-order valence-electron chi connectivity index (χ4n) is 4.65. The van der Waals surface area contributed by atoms with Gasteiger partial charge in [-0.3, -0.25) is 14.5 Å². The number of hydrogen-bond acceptors (Lipinski definition) is 4. The van der Waals surface area contributed by atoms with Gasteiger partial charge in [0.2, 0.25) is 11.8 Å². The summed E-state index contributed by atoms with van der Waals surface area (Å²) in [7, 11) is 1.34. The quantitative estimate of drug-likeness (QED) is 0.672. The highest BCUT2D eigenvalue weighted by Gasteiger charge is 2.33. The van der Waals surface area contributed by atoms with Crippen molar-refractivity contribution in [3.63, 3.8) is 0 Å². The Bertz CT molecular complexity index is 872. The van der Waals surface area contributed by atoms with Gasteiger partial charge in [-0.25, -0.2) is 4.79 Å². The van der Waals surface area contributed by atoms with Gasteiger partial charge in [-0.05, 0) is 49.9 Å². The number of hydrogen-bond donors (Lipinski definition) is 2. The van der Waals surface area contributed by atoms with E-state index >= 15 is 0 Å². The van der Waals surface area contributed by atoms with Crippen LogP contribution in [0.2, 0.25) is 5.02 Å². The van der Waals surface area contributed by atoms with E-state index in [-0.39, 0.29) is 18.5 Å². The fourth-order valence-corrected chi connectivity index (χ4v) is 4.90. The minimum Gasteiger partial charge on any atom is -0.465 e. The van der Waals surface area contributed by atoms with Gasteiger partial charge in [-0.15, -0.1) is 0 Å². The van der Waals surface area contributed by atoms with Crippen molar-refractivity contribution in [2.45, 2.75) is 52.1 Å². The number of likely N-dealkylation sites (N-methyl/N-ethyl adjacent to an activating group) is 1. The first-order valence-electron chi connectivity index (χ1n) is 11.2. The maximum absolute atomic E-state index is 12.8. The Kier molecular flexibility index (Phi) is 8.00. The average molecular weight is 465 g/mol. The molecule has 2 N–H and O–H groups in total. The van der Waals surface area contributed by atoms with Crippen molar-refractivity contribution in [3.8, 4) is 0 Å². The van der Waals surface area contributed by atoms with Gasteiger partial charge < -0.3 is 20.2 Å². The SMILES string of the molecule is Cc1c(CN2CCN(C(=O)C3CCCC3)C(C)C2)cc(Cl)cc1NC(=O)CN(C)C(=O)O. The van der Waals surface area contributed by atoms with E-state index in [1.165, 1.54) is 7.05 Å². The standard InChI is InChI=1S/C23H33ClN4O4/c1-15-12-27(8-9-28(15)22(30)17-6-4-5-7-17)13-18-10-19(24)11-20(16(18)2)25-21(29)14-26(3)23(31)32/h10-11,15,17H,4-9,12-14H2,1-3H3,(H,25,29)(H,31,32). The van der Waals surface area contributed by atoms with Gasteiger partial charge in [0.15, 0.2) is 0 Å². The summed E-state index contributed by atoms with van der Waals surface area (Å²) in [4.78, 5) is 41.3. The van der Waals surface area contributed by atoms with Crippen molar-refractivity contribution in [2.75, 3.05) is 38.5 Å². The van der Waals surface area contributed by atoms with Crippen LogP contribution >= 0.6 is 11.6 Å². The van der Waals surface area contributed by atoms with Crippen molar-refractivity contribution < 1.29 is 19.5 Å². The predicted octanol–water partition coefficient (Wildman–Crippen LogP) is 3.42. The summed E-state index contributed by atoms with van der Waals surface area (Å²) in [6.45, 7) is 6.74. The Balaban J connectivity index is 1.63. The summed E-state index contributed by atoms with van der Waals surface area (Å²) in [5, 5.41) is 12.2. The number of carboxylic acid groups (broad SMARTS) is 1. The van der Waals surface area contributed by atoms with Gasteiger partial charge in [0.05, 0.1) is 0 Å². The monoisotopic (exact) mass is 464 g/mol. The summed E-state index contributed by atoms with van der Waals surface area (Å²) < 4.78 is 0. The summed E-state index contributed by atoms with van der Waals surface area (Å²) >= 11 is 6.32. The molecule has 1 aromatic carbocycles. The molecule has 9 heteroatoms. The molecule has 0 spiro atoms. The van der Waals surface area contributed by atoms with Crippen LogP contribution in [0.3, 0.4) is 0 Å². The molecule has 0 aromatic heterocycles. The Morgan fingerprint density at radius 3 is 2.53 bits per heavy atom. The molecule has 1 aromatic rings. The Morgan fingerprint density at radius 2 is 1.91 bits per heavy atom. The van der Waals surface area contributed by atoms with Crippen LogP contribution in [0.1, 0.15) is 43.7 Å². The third-order valence-electron chi connectivity index (χ3n) is 6.55. The van der Waals surface area contributed by atoms with Crippen molar-refractivity contribution in [2.24, 2.45) is 5.92 Å². The van der Waals surface area contributed by atoms with Crippen LogP contribution in [0.5, 0.6) is 0 Å². The van der Waals surface area contributed by atoms with Crippen LogP contribution in [0, 0.1) is 12.8 Å². The zero-order valence-corrected chi connectivity index (χ0v) is 19.8. The van der Waals surface area contributed by atoms with Crippen LogP contribution in [-0.2, 0) is 16.1 Å². The van der Waals surface area contributed by atoms with Gasteiger partial charge in [0.25, 0.3) is 0 Å². The maximum atomic E-state index is 12.8. The van der Waals surface area contributed by atoms with Gasteiger partial charge in [0, 0.05) is 55.9 Å². The zero-order valence-electron chi connectivity index (χ0n) is 19.1. The largest absolute Gasteiger partial charge is 0.465 e. The maximum Gasteiger partial charge on any atom is 0.407 e. The minimum atomic E-state index is -1.16. The molecule has 3 amide bonds. The lowest BCUT2D eigenvalue weighted by atomic mass is 10.0. The number of rotatable bonds is 6. The molecule has 1 saturated carbocycles. The van der Waals surface area contributed by atoms with Gasteiger partial charge in [0.1, 0.15) is 6.54 Å². The van der Waals surface area contributed by atoms with E-state index in [1.54, 1.807) is 6.07 Å². The zero-order chi connectivity index (χ0) is 23.4. The van der Waals surface area contributed by atoms with Crippen molar-refractivity contribution in [1.82, 2.24) is 14.7 Å². The van der Waals surface area contributed by atoms with Crippen LogP contribution in [0.25, 0.3) is 0 Å². The highest BCUT2D eigenvalue weighted by Crippen LogP contribution is 2.29. The minimum absolute atomic E-state index is 0.155. The molecule has 2 aliphatic rings. The molecule has 0 bridgehead atoms. The van der Waals surface area contributed by atoms with Crippen LogP contribution in [0.15, 0.2) is 12.1 Å². The Hall–Kier alpha value is -2.32. The number of carbonyl (C=O) groups excluding carboxylic acids is 2. The predicted molar refractivity (Wildman–Crippen MR) is 124 cm³/mol. The highest BCUT2D eigenvalue weighted by atomic mass is 35.5. The number of benzene rings is 1. The molecule has 1 aliphatic carbocycles. The fraction of sp³-hybridized carbons (Fsp3) is 0.609. The first-order chi connectivity index (χ1) is 15.2. The second-order valence-electron chi connectivity index (χ2n) is 9.02. The van der Waals surface area contributed by atoms with E-state index in [4.69, 9.17) is 16.7 Å². The van der Waals surface area contributed by atoms with E-state index in [0.29, 0.717) is 23.2 Å². The van der Waals surface area contributed by atoms with Crippen molar-refractivity contribution >= 4 is 35.2 Å². The molecule has 32 heavy (non-hydrogen) atoms. The molecule has 176 valence electrons. The van der Waals surface area contributed by atoms with E-state index in [0.717, 1.165) is 61.3 Å². The Labute approximate surface area is 194 Å². The van der Waals surface area contributed by atoms with Gasteiger partial charge in [-0.2, -0.15) is 0 Å². The van der Waals surface area contributed by atoms with Gasteiger partial charge in [-0.1, -0.05) is 24.4 Å². The van der Waals surface area contributed by atoms with Crippen molar-refractivity contribution in [1.29, 1.82) is 0 Å². The lowest BCUT2D eigenvalue weighted by Gasteiger charge is -2.41. The lowest BCUT2D eigenvalue weighted by Crippen LogP contribution is -2.54. The summed E-state index contributed by atoms with van der Waals surface area (Å²) in [5.41, 5.74) is 2.49. The van der Waals surface area contributed by atoms with Gasteiger partial charge >= 0.3 is 6.09 Å². The number of amides is 3. The summed E-state index contributed by atoms with van der Waals surface area (Å²) in [6.07, 6.45) is 3.19. The number of halogens is 1. The smallest absolute Gasteiger partial charge is 0.407 e. The number of nitrogens with one attached hydrogen (secondary N) is 1. The third kappa shape index (κ3) is 5.92. The molecule has 1 unspecified atom stereocenters. The number of nitrogens with zero attached hydrogens (tertiary/aromatic N) is 3. The molecular formula is C23H33ClN4O4. The topological polar surface area (TPSA) is 93.2 Å². The third-order valence-corrected chi connectivity index (χ3v) is 6.77. The first-order valence-corrected chi connectivity index (χ1v) is 11.6. The highest BCUT2D eigenvalue weighted by molar-refractivity contribution is 6.31. The second kappa shape index (κ2) is 10.5. The first kappa shape index (κ1) is 24.3. The average Bonchev–Trinajstić information content (AvgIpc) is 3.26. The van der Waals surface area contributed by atoms with E-state index < -0.39 is 12.0 Å². The molecule has 2 fully saturated rings. The number of piperazine rings is 1. The normalized spacial score (nSPS) is 19.8.